The Morgan fingerprint density at radius 2 is 1.73 bits per heavy atom. The second kappa shape index (κ2) is 7.73. The minimum Gasteiger partial charge on any atom is -0.325 e. The van der Waals surface area contributed by atoms with E-state index in [4.69, 9.17) is 0 Å². The van der Waals surface area contributed by atoms with E-state index in [1.165, 1.54) is 0 Å². The first-order chi connectivity index (χ1) is 12.5. The Morgan fingerprint density at radius 1 is 1.08 bits per heavy atom. The minimum absolute atomic E-state index is 0.0129. The Morgan fingerprint density at radius 3 is 2.35 bits per heavy atom. The largest absolute Gasteiger partial charge is 0.325 e. The normalized spacial score (nSPS) is 16.8. The highest BCUT2D eigenvalue weighted by Crippen LogP contribution is 2.29. The molecule has 4 heteroatoms. The van der Waals surface area contributed by atoms with Crippen molar-refractivity contribution in [1.29, 1.82) is 0 Å². The van der Waals surface area contributed by atoms with Crippen LogP contribution in [0.4, 0.5) is 11.4 Å². The van der Waals surface area contributed by atoms with Crippen molar-refractivity contribution in [2.45, 2.75) is 40.0 Å². The second-order valence-corrected chi connectivity index (χ2v) is 6.84. The lowest BCUT2D eigenvalue weighted by Crippen LogP contribution is -2.29. The molecule has 2 amide bonds. The first-order valence-electron chi connectivity index (χ1n) is 9.32. The number of amides is 2. The van der Waals surface area contributed by atoms with Crippen molar-refractivity contribution in [2.75, 3.05) is 16.8 Å². The molecule has 0 bridgehead atoms. The highest BCUT2D eigenvalue weighted by Gasteiger charge is 2.35. The molecule has 26 heavy (non-hydrogen) atoms. The van der Waals surface area contributed by atoms with Crippen LogP contribution in [0, 0.1) is 12.8 Å². The van der Waals surface area contributed by atoms with E-state index in [-0.39, 0.29) is 24.2 Å². The third-order valence-electron chi connectivity index (χ3n) is 5.15. The topological polar surface area (TPSA) is 49.4 Å². The number of benzene rings is 2. The summed E-state index contributed by atoms with van der Waals surface area (Å²) in [5.41, 5.74) is 5.14. The standard InChI is InChI=1S/C22H26N2O2/c1-4-16-10-8-11-17(5-2)21(16)23-22(26)18-13-20(25)24(14-18)19-12-7-6-9-15(19)3/h6-12,18H,4-5,13-14H2,1-3H3,(H,23,26)/t18-/m1/s1. The summed E-state index contributed by atoms with van der Waals surface area (Å²) in [6.07, 6.45) is 1.99. The summed E-state index contributed by atoms with van der Waals surface area (Å²) in [6, 6.07) is 13.9. The maximum atomic E-state index is 12.9. The molecule has 0 aliphatic carbocycles. The van der Waals surface area contributed by atoms with Gasteiger partial charge in [0.15, 0.2) is 0 Å². The molecule has 0 saturated carbocycles. The lowest BCUT2D eigenvalue weighted by atomic mass is 10.0. The number of nitrogens with one attached hydrogen (secondary N) is 1. The van der Waals surface area contributed by atoms with Gasteiger partial charge in [-0.1, -0.05) is 50.2 Å². The average Bonchev–Trinajstić information content (AvgIpc) is 3.04. The molecule has 1 aliphatic rings. The smallest absolute Gasteiger partial charge is 0.229 e. The molecule has 4 nitrogen and oxygen atoms in total. The highest BCUT2D eigenvalue weighted by molar-refractivity contribution is 6.04. The maximum absolute atomic E-state index is 12.9. The fourth-order valence-electron chi connectivity index (χ4n) is 3.61. The van der Waals surface area contributed by atoms with Crippen LogP contribution in [-0.4, -0.2) is 18.4 Å². The summed E-state index contributed by atoms with van der Waals surface area (Å²) in [4.78, 5) is 27.1. The van der Waals surface area contributed by atoms with Crippen LogP contribution in [-0.2, 0) is 22.4 Å². The number of hydrogen-bond donors (Lipinski definition) is 1. The minimum atomic E-state index is -0.322. The molecule has 0 aromatic heterocycles. The van der Waals surface area contributed by atoms with Gasteiger partial charge in [-0.25, -0.2) is 0 Å². The van der Waals surface area contributed by atoms with Crippen molar-refractivity contribution in [3.8, 4) is 0 Å². The van der Waals surface area contributed by atoms with E-state index in [1.54, 1.807) is 4.90 Å². The SMILES string of the molecule is CCc1cccc(CC)c1NC(=O)[C@@H]1CC(=O)N(c2ccccc2C)C1. The summed E-state index contributed by atoms with van der Waals surface area (Å²) in [7, 11) is 0. The van der Waals surface area contributed by atoms with Crippen LogP contribution in [0.25, 0.3) is 0 Å². The first-order valence-corrected chi connectivity index (χ1v) is 9.32. The molecule has 2 aromatic rings. The van der Waals surface area contributed by atoms with E-state index in [0.29, 0.717) is 6.54 Å². The molecule has 1 heterocycles. The number of para-hydroxylation sites is 2. The molecule has 1 aliphatic heterocycles. The van der Waals surface area contributed by atoms with E-state index in [2.05, 4.69) is 19.2 Å². The molecular formula is C22H26N2O2. The Kier molecular flexibility index (Phi) is 5.40. The molecule has 1 atom stereocenters. The van der Waals surface area contributed by atoms with Crippen LogP contribution in [0.5, 0.6) is 0 Å². The Labute approximate surface area is 155 Å². The highest BCUT2D eigenvalue weighted by atomic mass is 16.2. The van der Waals surface area contributed by atoms with Crippen LogP contribution in [0.3, 0.4) is 0 Å². The fourth-order valence-corrected chi connectivity index (χ4v) is 3.61. The molecule has 3 rings (SSSR count). The van der Waals surface area contributed by atoms with E-state index < -0.39 is 0 Å². The predicted molar refractivity (Wildman–Crippen MR) is 105 cm³/mol. The van der Waals surface area contributed by atoms with E-state index >= 15 is 0 Å². The molecule has 0 radical (unpaired) electrons. The van der Waals surface area contributed by atoms with Gasteiger partial charge in [0.25, 0.3) is 0 Å². The van der Waals surface area contributed by atoms with Gasteiger partial charge in [0.1, 0.15) is 0 Å². The number of aryl methyl sites for hydroxylation is 3. The number of hydrogen-bond acceptors (Lipinski definition) is 2. The van der Waals surface area contributed by atoms with Gasteiger partial charge in [0, 0.05) is 24.3 Å². The van der Waals surface area contributed by atoms with Crippen molar-refractivity contribution in [2.24, 2.45) is 5.92 Å². The van der Waals surface area contributed by atoms with Gasteiger partial charge >= 0.3 is 0 Å². The van der Waals surface area contributed by atoms with Crippen LogP contribution < -0.4 is 10.2 Å². The zero-order valence-electron chi connectivity index (χ0n) is 15.7. The second-order valence-electron chi connectivity index (χ2n) is 6.84. The van der Waals surface area contributed by atoms with Gasteiger partial charge in [-0.3, -0.25) is 9.59 Å². The lowest BCUT2D eigenvalue weighted by molar-refractivity contribution is -0.122. The summed E-state index contributed by atoms with van der Waals surface area (Å²) in [5.74, 6) is -0.374. The zero-order valence-corrected chi connectivity index (χ0v) is 15.7. The number of nitrogens with zero attached hydrogens (tertiary/aromatic N) is 1. The van der Waals surface area contributed by atoms with Gasteiger partial charge < -0.3 is 10.2 Å². The number of rotatable bonds is 5. The fraction of sp³-hybridized carbons (Fsp3) is 0.364. The Bertz CT molecular complexity index is 806. The quantitative estimate of drug-likeness (QED) is 0.882. The van der Waals surface area contributed by atoms with Crippen LogP contribution >= 0.6 is 0 Å². The first kappa shape index (κ1) is 18.2. The average molecular weight is 350 g/mol. The molecule has 0 unspecified atom stereocenters. The molecule has 1 saturated heterocycles. The zero-order chi connectivity index (χ0) is 18.7. The Hall–Kier alpha value is -2.62. The van der Waals surface area contributed by atoms with E-state index in [0.717, 1.165) is 40.9 Å². The van der Waals surface area contributed by atoms with Crippen molar-refractivity contribution < 1.29 is 9.59 Å². The molecule has 1 N–H and O–H groups in total. The van der Waals surface area contributed by atoms with Crippen molar-refractivity contribution in [3.05, 3.63) is 59.2 Å². The molecule has 136 valence electrons. The van der Waals surface area contributed by atoms with E-state index in [1.807, 2.05) is 49.4 Å². The van der Waals surface area contributed by atoms with E-state index in [9.17, 15) is 9.59 Å². The molecular weight excluding hydrogens is 324 g/mol. The number of carbonyl (C=O) groups excluding carboxylic acids is 2. The van der Waals surface area contributed by atoms with Gasteiger partial charge in [-0.15, -0.1) is 0 Å². The van der Waals surface area contributed by atoms with Gasteiger partial charge in [-0.05, 0) is 42.5 Å². The van der Waals surface area contributed by atoms with Crippen molar-refractivity contribution in [1.82, 2.24) is 0 Å². The molecule has 2 aromatic carbocycles. The van der Waals surface area contributed by atoms with Crippen molar-refractivity contribution in [3.63, 3.8) is 0 Å². The monoisotopic (exact) mass is 350 g/mol. The summed E-state index contributed by atoms with van der Waals surface area (Å²) in [6.45, 7) is 6.60. The number of anilines is 2. The van der Waals surface area contributed by atoms with Crippen molar-refractivity contribution >= 4 is 23.2 Å². The summed E-state index contributed by atoms with van der Waals surface area (Å²) >= 11 is 0. The molecule has 1 fully saturated rings. The summed E-state index contributed by atoms with van der Waals surface area (Å²) in [5, 5.41) is 3.11. The third-order valence-corrected chi connectivity index (χ3v) is 5.15. The maximum Gasteiger partial charge on any atom is 0.229 e. The molecule has 0 spiro atoms. The lowest BCUT2D eigenvalue weighted by Gasteiger charge is -2.19. The summed E-state index contributed by atoms with van der Waals surface area (Å²) < 4.78 is 0. The Balaban J connectivity index is 1.78. The van der Waals surface area contributed by atoms with Crippen LogP contribution in [0.2, 0.25) is 0 Å². The third kappa shape index (κ3) is 3.50. The van der Waals surface area contributed by atoms with Gasteiger partial charge in [0.2, 0.25) is 11.8 Å². The van der Waals surface area contributed by atoms with Crippen LogP contribution in [0.1, 0.15) is 37.0 Å². The van der Waals surface area contributed by atoms with Gasteiger partial charge in [-0.2, -0.15) is 0 Å². The predicted octanol–water partition coefficient (Wildman–Crippen LogP) is 4.11. The van der Waals surface area contributed by atoms with Crippen LogP contribution in [0.15, 0.2) is 42.5 Å². The number of carbonyl (C=O) groups is 2. The van der Waals surface area contributed by atoms with Gasteiger partial charge in [0.05, 0.1) is 5.92 Å².